The quantitative estimate of drug-likeness (QED) is 0.831. The third-order valence-corrected chi connectivity index (χ3v) is 5.02. The average molecular weight is 333 g/mol. The van der Waals surface area contributed by atoms with Crippen LogP contribution in [0.2, 0.25) is 5.02 Å². The molecule has 1 aromatic rings. The number of hydrogen-bond acceptors (Lipinski definition) is 3. The standard InChI is InChI=1S/C14H21ClN2O3S/c1-4-17(10-14(18)16-9-11(2)3)21(19,20)13-7-5-12(15)6-8-13/h5-8,11H,4,9-10H2,1-3H3,(H,16,18). The molecule has 0 aliphatic carbocycles. The van der Waals surface area contributed by atoms with Crippen molar-refractivity contribution in [2.75, 3.05) is 19.6 Å². The van der Waals surface area contributed by atoms with Crippen LogP contribution >= 0.6 is 11.6 Å². The van der Waals surface area contributed by atoms with Gasteiger partial charge in [0, 0.05) is 18.1 Å². The Labute approximate surface area is 131 Å². The van der Waals surface area contributed by atoms with Gasteiger partial charge in [0.25, 0.3) is 0 Å². The first kappa shape index (κ1) is 17.9. The highest BCUT2D eigenvalue weighted by Gasteiger charge is 2.25. The first-order chi connectivity index (χ1) is 9.77. The highest BCUT2D eigenvalue weighted by atomic mass is 35.5. The first-order valence-corrected chi connectivity index (χ1v) is 8.61. The van der Waals surface area contributed by atoms with E-state index in [4.69, 9.17) is 11.6 Å². The normalized spacial score (nSPS) is 11.9. The molecule has 1 N–H and O–H groups in total. The number of rotatable bonds is 7. The molecule has 1 amide bonds. The van der Waals surface area contributed by atoms with E-state index in [0.717, 1.165) is 4.31 Å². The van der Waals surface area contributed by atoms with Crippen LogP contribution in [-0.2, 0) is 14.8 Å². The summed E-state index contributed by atoms with van der Waals surface area (Å²) in [5.74, 6) is 0.0139. The van der Waals surface area contributed by atoms with Gasteiger partial charge >= 0.3 is 0 Å². The Kier molecular flexibility index (Phi) is 6.64. The number of benzene rings is 1. The van der Waals surface area contributed by atoms with Crippen molar-refractivity contribution in [2.24, 2.45) is 5.92 Å². The molecule has 7 heteroatoms. The van der Waals surface area contributed by atoms with Crippen LogP contribution in [0.1, 0.15) is 20.8 Å². The largest absolute Gasteiger partial charge is 0.355 e. The molecule has 1 aromatic carbocycles. The smallest absolute Gasteiger partial charge is 0.243 e. The second kappa shape index (κ2) is 7.77. The Bertz CT molecular complexity index is 570. The monoisotopic (exact) mass is 332 g/mol. The van der Waals surface area contributed by atoms with Gasteiger partial charge in [-0.15, -0.1) is 0 Å². The van der Waals surface area contributed by atoms with Crippen molar-refractivity contribution in [1.82, 2.24) is 9.62 Å². The Morgan fingerprint density at radius 3 is 2.33 bits per heavy atom. The lowest BCUT2D eigenvalue weighted by atomic mass is 10.2. The summed E-state index contributed by atoms with van der Waals surface area (Å²) in [4.78, 5) is 11.9. The predicted molar refractivity (Wildman–Crippen MR) is 83.7 cm³/mol. The molecule has 0 fully saturated rings. The van der Waals surface area contributed by atoms with Gasteiger partial charge in [-0.3, -0.25) is 4.79 Å². The SMILES string of the molecule is CCN(CC(=O)NCC(C)C)S(=O)(=O)c1ccc(Cl)cc1. The zero-order chi connectivity index (χ0) is 16.0. The number of likely N-dealkylation sites (N-methyl/N-ethyl adjacent to an activating group) is 1. The summed E-state index contributed by atoms with van der Waals surface area (Å²) in [6.45, 7) is 6.21. The highest BCUT2D eigenvalue weighted by molar-refractivity contribution is 7.89. The van der Waals surface area contributed by atoms with Gasteiger partial charge < -0.3 is 5.32 Å². The maximum Gasteiger partial charge on any atom is 0.243 e. The molecule has 0 radical (unpaired) electrons. The van der Waals surface area contributed by atoms with Crippen molar-refractivity contribution in [1.29, 1.82) is 0 Å². The summed E-state index contributed by atoms with van der Waals surface area (Å²) in [6, 6.07) is 5.90. The minimum Gasteiger partial charge on any atom is -0.355 e. The number of sulfonamides is 1. The van der Waals surface area contributed by atoms with Gasteiger partial charge in [0.15, 0.2) is 0 Å². The van der Waals surface area contributed by atoms with E-state index in [9.17, 15) is 13.2 Å². The number of carbonyl (C=O) groups is 1. The fourth-order valence-corrected chi connectivity index (χ4v) is 3.19. The molecule has 1 rings (SSSR count). The van der Waals surface area contributed by atoms with Gasteiger partial charge in [0.1, 0.15) is 0 Å². The van der Waals surface area contributed by atoms with Crippen LogP contribution < -0.4 is 5.32 Å². The number of carbonyl (C=O) groups excluding carboxylic acids is 1. The molecule has 5 nitrogen and oxygen atoms in total. The molecule has 0 spiro atoms. The third-order valence-electron chi connectivity index (χ3n) is 2.83. The summed E-state index contributed by atoms with van der Waals surface area (Å²) in [5, 5.41) is 3.18. The molecular weight excluding hydrogens is 312 g/mol. The molecule has 21 heavy (non-hydrogen) atoms. The van der Waals surface area contributed by atoms with Crippen molar-refractivity contribution in [3.8, 4) is 0 Å². The van der Waals surface area contributed by atoms with E-state index >= 15 is 0 Å². The van der Waals surface area contributed by atoms with Gasteiger partial charge in [-0.25, -0.2) is 8.42 Å². The van der Waals surface area contributed by atoms with Crippen molar-refractivity contribution >= 4 is 27.5 Å². The van der Waals surface area contributed by atoms with E-state index in [1.54, 1.807) is 6.92 Å². The van der Waals surface area contributed by atoms with Gasteiger partial charge in [-0.2, -0.15) is 4.31 Å². The second-order valence-corrected chi connectivity index (χ2v) is 7.46. The minimum atomic E-state index is -3.69. The van der Waals surface area contributed by atoms with Crippen LogP contribution in [0.25, 0.3) is 0 Å². The van der Waals surface area contributed by atoms with E-state index < -0.39 is 10.0 Å². The van der Waals surface area contributed by atoms with Crippen LogP contribution in [0.4, 0.5) is 0 Å². The molecule has 0 heterocycles. The molecule has 0 unspecified atom stereocenters. The van der Waals surface area contributed by atoms with Crippen LogP contribution in [0.15, 0.2) is 29.2 Å². The van der Waals surface area contributed by atoms with Crippen molar-refractivity contribution in [3.63, 3.8) is 0 Å². The fraction of sp³-hybridized carbons (Fsp3) is 0.500. The van der Waals surface area contributed by atoms with E-state index in [1.807, 2.05) is 13.8 Å². The number of nitrogens with one attached hydrogen (secondary N) is 1. The number of halogens is 1. The summed E-state index contributed by atoms with van der Waals surface area (Å²) < 4.78 is 26.0. The number of amides is 1. The fourth-order valence-electron chi connectivity index (χ4n) is 1.66. The van der Waals surface area contributed by atoms with Gasteiger partial charge in [-0.05, 0) is 30.2 Å². The Hall–Kier alpha value is -1.11. The molecule has 0 aliphatic heterocycles. The highest BCUT2D eigenvalue weighted by Crippen LogP contribution is 2.18. The summed E-state index contributed by atoms with van der Waals surface area (Å²) in [5.41, 5.74) is 0. The Morgan fingerprint density at radius 1 is 1.29 bits per heavy atom. The van der Waals surface area contributed by atoms with E-state index in [2.05, 4.69) is 5.32 Å². The lowest BCUT2D eigenvalue weighted by Gasteiger charge is -2.20. The van der Waals surface area contributed by atoms with Crippen LogP contribution in [-0.4, -0.2) is 38.3 Å². The zero-order valence-corrected chi connectivity index (χ0v) is 14.0. The molecule has 0 saturated carbocycles. The van der Waals surface area contributed by atoms with E-state index in [1.165, 1.54) is 24.3 Å². The zero-order valence-electron chi connectivity index (χ0n) is 12.5. The van der Waals surface area contributed by atoms with Crippen molar-refractivity contribution < 1.29 is 13.2 Å². The first-order valence-electron chi connectivity index (χ1n) is 6.79. The average Bonchev–Trinajstić information content (AvgIpc) is 2.42. The van der Waals surface area contributed by atoms with Crippen LogP contribution in [0.3, 0.4) is 0 Å². The Balaban J connectivity index is 2.83. The topological polar surface area (TPSA) is 66.5 Å². The molecule has 0 aromatic heterocycles. The molecule has 0 saturated heterocycles. The van der Waals surface area contributed by atoms with Crippen molar-refractivity contribution in [2.45, 2.75) is 25.7 Å². The predicted octanol–water partition coefficient (Wildman–Crippen LogP) is 2.12. The summed E-state index contributed by atoms with van der Waals surface area (Å²) >= 11 is 5.76. The lowest BCUT2D eigenvalue weighted by molar-refractivity contribution is -0.121. The van der Waals surface area contributed by atoms with E-state index in [-0.39, 0.29) is 23.9 Å². The molecule has 118 valence electrons. The van der Waals surface area contributed by atoms with Crippen LogP contribution in [0, 0.1) is 5.92 Å². The van der Waals surface area contributed by atoms with Crippen molar-refractivity contribution in [3.05, 3.63) is 29.3 Å². The maximum absolute atomic E-state index is 12.5. The van der Waals surface area contributed by atoms with Crippen LogP contribution in [0.5, 0.6) is 0 Å². The lowest BCUT2D eigenvalue weighted by Crippen LogP contribution is -2.41. The Morgan fingerprint density at radius 2 is 1.86 bits per heavy atom. The summed E-state index contributed by atoms with van der Waals surface area (Å²) in [6.07, 6.45) is 0. The van der Waals surface area contributed by atoms with E-state index in [0.29, 0.717) is 17.5 Å². The molecule has 0 atom stereocenters. The number of hydrogen-bond donors (Lipinski definition) is 1. The van der Waals surface area contributed by atoms with Gasteiger partial charge in [0.05, 0.1) is 11.4 Å². The number of nitrogens with zero attached hydrogens (tertiary/aromatic N) is 1. The molecule has 0 aliphatic rings. The minimum absolute atomic E-state index is 0.130. The summed E-state index contributed by atoms with van der Waals surface area (Å²) in [7, 11) is -3.69. The van der Waals surface area contributed by atoms with Gasteiger partial charge in [-0.1, -0.05) is 32.4 Å². The van der Waals surface area contributed by atoms with Gasteiger partial charge in [0.2, 0.25) is 15.9 Å². The second-order valence-electron chi connectivity index (χ2n) is 5.08. The third kappa shape index (κ3) is 5.30. The maximum atomic E-state index is 12.5. The molecule has 0 bridgehead atoms. The molecular formula is C14H21ClN2O3S.